The number of carbonyl (C=O) groups is 1. The highest BCUT2D eigenvalue weighted by Gasteiger charge is 2.30. The lowest BCUT2D eigenvalue weighted by Gasteiger charge is -2.22. The molecule has 1 unspecified atom stereocenters. The number of likely N-dealkylation sites (tertiary alicyclic amines) is 1. The lowest BCUT2D eigenvalue weighted by atomic mass is 10.1. The topological polar surface area (TPSA) is 46.1 Å². The van der Waals surface area contributed by atoms with E-state index >= 15 is 0 Å². The number of amides is 1. The summed E-state index contributed by atoms with van der Waals surface area (Å²) in [6.45, 7) is 2.39. The fraction of sp³-hybridized carbons (Fsp3) is 0.278. The van der Waals surface area contributed by atoms with Crippen LogP contribution in [0, 0.1) is 11.8 Å². The van der Waals surface area contributed by atoms with E-state index in [9.17, 15) is 4.79 Å². The summed E-state index contributed by atoms with van der Waals surface area (Å²) in [5, 5.41) is 0.646. The van der Waals surface area contributed by atoms with Crippen molar-refractivity contribution in [2.24, 2.45) is 0 Å². The van der Waals surface area contributed by atoms with E-state index in [0.29, 0.717) is 17.4 Å². The summed E-state index contributed by atoms with van der Waals surface area (Å²) in [5.74, 6) is 5.76. The Labute approximate surface area is 140 Å². The molecule has 0 saturated carbocycles. The van der Waals surface area contributed by atoms with Crippen molar-refractivity contribution in [2.75, 3.05) is 6.54 Å². The predicted octanol–water partition coefficient (Wildman–Crippen LogP) is 3.48. The number of hydrogen-bond donors (Lipinski definition) is 0. The van der Waals surface area contributed by atoms with Gasteiger partial charge in [0.05, 0.1) is 11.7 Å². The lowest BCUT2D eigenvalue weighted by molar-refractivity contribution is -0.126. The molecular formula is C18H16ClN3O. The number of hydrogen-bond acceptors (Lipinski definition) is 3. The monoisotopic (exact) mass is 325 g/mol. The summed E-state index contributed by atoms with van der Waals surface area (Å²) in [6, 6.07) is 9.27. The maximum Gasteiger partial charge on any atom is 0.299 e. The van der Waals surface area contributed by atoms with Gasteiger partial charge >= 0.3 is 0 Å². The van der Waals surface area contributed by atoms with E-state index in [2.05, 4.69) is 21.8 Å². The number of halogens is 1. The van der Waals surface area contributed by atoms with Gasteiger partial charge in [0.1, 0.15) is 0 Å². The van der Waals surface area contributed by atoms with E-state index in [0.717, 1.165) is 24.1 Å². The first-order valence-electron chi connectivity index (χ1n) is 7.51. The van der Waals surface area contributed by atoms with Crippen LogP contribution in [-0.4, -0.2) is 27.3 Å². The minimum atomic E-state index is -0.141. The molecule has 1 aromatic heterocycles. The van der Waals surface area contributed by atoms with Gasteiger partial charge in [-0.05, 0) is 43.9 Å². The van der Waals surface area contributed by atoms with Crippen molar-refractivity contribution in [3.8, 4) is 23.2 Å². The molecule has 116 valence electrons. The second-order valence-corrected chi connectivity index (χ2v) is 5.78. The second-order valence-electron chi connectivity index (χ2n) is 5.35. The second kappa shape index (κ2) is 6.80. The average molecular weight is 326 g/mol. The molecular weight excluding hydrogens is 310 g/mol. The zero-order chi connectivity index (χ0) is 16.2. The SMILES string of the molecule is CC#CC(=O)N1CCCC1c1ccnc(-c2cccc(Cl)c2)n1. The quantitative estimate of drug-likeness (QED) is 0.794. The summed E-state index contributed by atoms with van der Waals surface area (Å²) < 4.78 is 0. The van der Waals surface area contributed by atoms with E-state index in [4.69, 9.17) is 11.6 Å². The van der Waals surface area contributed by atoms with E-state index in [-0.39, 0.29) is 11.9 Å². The fourth-order valence-corrected chi connectivity index (χ4v) is 3.01. The fourth-order valence-electron chi connectivity index (χ4n) is 2.82. The van der Waals surface area contributed by atoms with Crippen molar-refractivity contribution >= 4 is 17.5 Å². The van der Waals surface area contributed by atoms with Crippen LogP contribution in [0.5, 0.6) is 0 Å². The van der Waals surface area contributed by atoms with Crippen molar-refractivity contribution in [3.05, 3.63) is 47.2 Å². The summed E-state index contributed by atoms with van der Waals surface area (Å²) in [4.78, 5) is 22.9. The van der Waals surface area contributed by atoms with Crippen molar-refractivity contribution in [2.45, 2.75) is 25.8 Å². The Balaban J connectivity index is 1.92. The third-order valence-corrected chi connectivity index (χ3v) is 4.08. The molecule has 0 bridgehead atoms. The van der Waals surface area contributed by atoms with Crippen LogP contribution >= 0.6 is 11.6 Å². The molecule has 1 saturated heterocycles. The van der Waals surface area contributed by atoms with Gasteiger partial charge in [-0.2, -0.15) is 0 Å². The van der Waals surface area contributed by atoms with Crippen LogP contribution in [0.3, 0.4) is 0 Å². The highest BCUT2D eigenvalue weighted by molar-refractivity contribution is 6.30. The zero-order valence-corrected chi connectivity index (χ0v) is 13.5. The van der Waals surface area contributed by atoms with Crippen LogP contribution in [0.2, 0.25) is 5.02 Å². The van der Waals surface area contributed by atoms with Crippen molar-refractivity contribution in [3.63, 3.8) is 0 Å². The maximum atomic E-state index is 12.1. The Bertz CT molecular complexity index is 794. The summed E-state index contributed by atoms with van der Waals surface area (Å²) in [6.07, 6.45) is 3.58. The summed E-state index contributed by atoms with van der Waals surface area (Å²) in [5.41, 5.74) is 1.71. The molecule has 1 aliphatic heterocycles. The van der Waals surface area contributed by atoms with Crippen LogP contribution in [0.4, 0.5) is 0 Å². The molecule has 1 atom stereocenters. The number of aromatic nitrogens is 2. The van der Waals surface area contributed by atoms with Crippen LogP contribution in [0.15, 0.2) is 36.5 Å². The Kier molecular flexibility index (Phi) is 4.59. The number of carbonyl (C=O) groups excluding carboxylic acids is 1. The smallest absolute Gasteiger partial charge is 0.299 e. The van der Waals surface area contributed by atoms with E-state index in [1.54, 1.807) is 18.0 Å². The first-order valence-corrected chi connectivity index (χ1v) is 7.89. The van der Waals surface area contributed by atoms with Crippen LogP contribution in [0.25, 0.3) is 11.4 Å². The van der Waals surface area contributed by atoms with E-state index in [1.165, 1.54) is 0 Å². The first kappa shape index (κ1) is 15.5. The average Bonchev–Trinajstić information content (AvgIpc) is 3.05. The molecule has 3 rings (SSSR count). The maximum absolute atomic E-state index is 12.1. The lowest BCUT2D eigenvalue weighted by Crippen LogP contribution is -2.29. The number of nitrogens with zero attached hydrogens (tertiary/aromatic N) is 3. The van der Waals surface area contributed by atoms with Gasteiger partial charge < -0.3 is 4.90 Å². The molecule has 0 aliphatic carbocycles. The molecule has 4 nitrogen and oxygen atoms in total. The molecule has 23 heavy (non-hydrogen) atoms. The van der Waals surface area contributed by atoms with E-state index in [1.807, 2.05) is 30.3 Å². The number of rotatable bonds is 2. The van der Waals surface area contributed by atoms with E-state index < -0.39 is 0 Å². The standard InChI is InChI=1S/C18H16ClN3O/c1-2-5-17(23)22-11-4-8-16(22)15-9-10-20-18(21-15)13-6-3-7-14(19)12-13/h3,6-7,9-10,12,16H,4,8,11H2,1H3. The van der Waals surface area contributed by atoms with Crippen LogP contribution in [-0.2, 0) is 4.79 Å². The first-order chi connectivity index (χ1) is 11.2. The predicted molar refractivity (Wildman–Crippen MR) is 89.6 cm³/mol. The Morgan fingerprint density at radius 2 is 2.26 bits per heavy atom. The Hall–Kier alpha value is -2.38. The van der Waals surface area contributed by atoms with Gasteiger partial charge in [-0.15, -0.1) is 0 Å². The van der Waals surface area contributed by atoms with Gasteiger partial charge in [-0.3, -0.25) is 4.79 Å². The minimum absolute atomic E-state index is 0.0377. The van der Waals surface area contributed by atoms with Gasteiger partial charge in [0.15, 0.2) is 5.82 Å². The van der Waals surface area contributed by atoms with Gasteiger partial charge in [-0.25, -0.2) is 9.97 Å². The van der Waals surface area contributed by atoms with Crippen molar-refractivity contribution in [1.29, 1.82) is 0 Å². The molecule has 0 spiro atoms. The van der Waals surface area contributed by atoms with Crippen molar-refractivity contribution < 1.29 is 4.79 Å². The Morgan fingerprint density at radius 3 is 3.04 bits per heavy atom. The molecule has 2 heterocycles. The summed E-state index contributed by atoms with van der Waals surface area (Å²) in [7, 11) is 0. The zero-order valence-electron chi connectivity index (χ0n) is 12.8. The highest BCUT2D eigenvalue weighted by Crippen LogP contribution is 2.31. The normalized spacial score (nSPS) is 16.8. The van der Waals surface area contributed by atoms with Crippen LogP contribution in [0.1, 0.15) is 31.5 Å². The minimum Gasteiger partial charge on any atom is -0.323 e. The van der Waals surface area contributed by atoms with Gasteiger partial charge in [0.2, 0.25) is 0 Å². The molecule has 2 aromatic rings. The largest absolute Gasteiger partial charge is 0.323 e. The molecule has 1 aromatic carbocycles. The molecule has 1 aliphatic rings. The molecule has 0 radical (unpaired) electrons. The van der Waals surface area contributed by atoms with Crippen molar-refractivity contribution in [1.82, 2.24) is 14.9 Å². The third kappa shape index (κ3) is 3.35. The molecule has 1 amide bonds. The van der Waals surface area contributed by atoms with Crippen LogP contribution < -0.4 is 0 Å². The molecule has 0 N–H and O–H groups in total. The van der Waals surface area contributed by atoms with Gasteiger partial charge in [0.25, 0.3) is 5.91 Å². The molecule has 5 heteroatoms. The van der Waals surface area contributed by atoms with Gasteiger partial charge in [0, 0.05) is 23.3 Å². The Morgan fingerprint density at radius 1 is 1.39 bits per heavy atom. The van der Waals surface area contributed by atoms with Gasteiger partial charge in [-0.1, -0.05) is 29.7 Å². The molecule has 1 fully saturated rings. The highest BCUT2D eigenvalue weighted by atomic mass is 35.5. The summed E-state index contributed by atoms with van der Waals surface area (Å²) >= 11 is 6.04. The third-order valence-electron chi connectivity index (χ3n) is 3.85. The number of benzene rings is 1.